The number of hydrogen-bond acceptors (Lipinski definition) is 8. The van der Waals surface area contributed by atoms with Crippen LogP contribution in [-0.4, -0.2) is 62.4 Å². The Balaban J connectivity index is 0.000000198. The number of methoxy groups -OCH3 is 5. The van der Waals surface area contributed by atoms with E-state index in [-0.39, 0.29) is 23.4 Å². The van der Waals surface area contributed by atoms with E-state index in [9.17, 15) is 9.59 Å². The molecule has 0 radical (unpaired) electrons. The molecule has 2 saturated carbocycles. The van der Waals surface area contributed by atoms with Crippen molar-refractivity contribution in [3.63, 3.8) is 0 Å². The van der Waals surface area contributed by atoms with Gasteiger partial charge in [-0.05, 0) is 78.7 Å². The predicted octanol–water partition coefficient (Wildman–Crippen LogP) is 9.36. The van der Waals surface area contributed by atoms with E-state index in [1.165, 1.54) is 14.2 Å². The molecular formula is C39H38Cl4O8. The summed E-state index contributed by atoms with van der Waals surface area (Å²) in [4.78, 5) is 26.1. The van der Waals surface area contributed by atoms with Crippen LogP contribution < -0.4 is 28.4 Å². The van der Waals surface area contributed by atoms with Gasteiger partial charge in [0.1, 0.15) is 43.2 Å². The van der Waals surface area contributed by atoms with Crippen molar-refractivity contribution in [2.75, 3.05) is 42.2 Å². The number of halogens is 4. The standard InChI is InChI=1S/C20H20Cl2O4.C19H18Cl2O4/c1-4-26-13-7-5-12(6-8-13)17-18(20(17,21)22)19(23)15-11-14(24-2)9-10-16(15)25-3;1-23-12-6-4-11(5-7-12)16-17(19(16,20)21)18(22)14-10-13(24-2)8-9-15(14)25-3/h5-11,17-18H,4H2,1-3H3;4-10,16-17H,1-3H3. The van der Waals surface area contributed by atoms with Crippen LogP contribution in [0.5, 0.6) is 34.5 Å². The third-order valence-electron chi connectivity index (χ3n) is 9.04. The lowest BCUT2D eigenvalue weighted by atomic mass is 10.0. The van der Waals surface area contributed by atoms with Gasteiger partial charge in [0, 0.05) is 11.8 Å². The van der Waals surface area contributed by atoms with Crippen molar-refractivity contribution in [1.29, 1.82) is 0 Å². The molecule has 2 aliphatic rings. The van der Waals surface area contributed by atoms with Crippen molar-refractivity contribution < 1.29 is 38.0 Å². The number of Topliss-reactive ketones (excluding diaryl/α,β-unsaturated/α-hetero) is 2. The molecule has 12 heteroatoms. The van der Waals surface area contributed by atoms with Crippen LogP contribution in [0.4, 0.5) is 0 Å². The zero-order valence-electron chi connectivity index (χ0n) is 28.9. The Hall–Kier alpha value is -3.82. The average Bonchev–Trinajstić information content (AvgIpc) is 3.96. The fourth-order valence-corrected chi connectivity index (χ4v) is 7.89. The van der Waals surface area contributed by atoms with Crippen LogP contribution in [0.25, 0.3) is 0 Å². The first-order valence-electron chi connectivity index (χ1n) is 16.0. The lowest BCUT2D eigenvalue weighted by Gasteiger charge is -2.09. The van der Waals surface area contributed by atoms with Gasteiger partial charge in [-0.15, -0.1) is 46.4 Å². The second kappa shape index (κ2) is 15.8. The van der Waals surface area contributed by atoms with Crippen LogP contribution >= 0.6 is 46.4 Å². The van der Waals surface area contributed by atoms with Gasteiger partial charge >= 0.3 is 0 Å². The molecule has 0 N–H and O–H groups in total. The number of carbonyl (C=O) groups is 2. The van der Waals surface area contributed by atoms with Gasteiger partial charge in [0.15, 0.2) is 11.6 Å². The van der Waals surface area contributed by atoms with Crippen molar-refractivity contribution in [3.8, 4) is 34.5 Å². The molecule has 8 nitrogen and oxygen atoms in total. The Morgan fingerprint density at radius 2 is 0.882 bits per heavy atom. The van der Waals surface area contributed by atoms with Gasteiger partial charge in [-0.2, -0.15) is 0 Å². The number of benzene rings is 4. The van der Waals surface area contributed by atoms with Crippen LogP contribution in [0.15, 0.2) is 84.9 Å². The molecule has 0 heterocycles. The van der Waals surface area contributed by atoms with Crippen molar-refractivity contribution in [3.05, 3.63) is 107 Å². The number of ketones is 2. The molecular weight excluding hydrogens is 738 g/mol. The summed E-state index contributed by atoms with van der Waals surface area (Å²) in [5.41, 5.74) is 2.62. The third-order valence-corrected chi connectivity index (χ3v) is 10.9. The van der Waals surface area contributed by atoms with Gasteiger partial charge in [0.2, 0.25) is 0 Å². The molecule has 2 aliphatic carbocycles. The third kappa shape index (κ3) is 7.85. The topological polar surface area (TPSA) is 89.5 Å². The van der Waals surface area contributed by atoms with E-state index in [2.05, 4.69) is 0 Å². The maximum absolute atomic E-state index is 13.1. The molecule has 2 fully saturated rings. The Bertz CT molecular complexity index is 1860. The second-order valence-corrected chi connectivity index (χ2v) is 14.8. The van der Waals surface area contributed by atoms with Gasteiger partial charge in [0.05, 0.1) is 65.1 Å². The normalized spacial score (nSPS) is 20.5. The molecule has 0 aliphatic heterocycles. The van der Waals surface area contributed by atoms with Gasteiger partial charge in [0.25, 0.3) is 0 Å². The van der Waals surface area contributed by atoms with E-state index < -0.39 is 20.5 Å². The summed E-state index contributed by atoms with van der Waals surface area (Å²) in [7, 11) is 7.72. The summed E-state index contributed by atoms with van der Waals surface area (Å²) in [6.07, 6.45) is 0. The molecule has 0 bridgehead atoms. The van der Waals surface area contributed by atoms with Crippen molar-refractivity contribution in [2.24, 2.45) is 11.8 Å². The zero-order valence-corrected chi connectivity index (χ0v) is 31.9. The first-order chi connectivity index (χ1) is 24.4. The highest BCUT2D eigenvalue weighted by atomic mass is 35.5. The summed E-state index contributed by atoms with van der Waals surface area (Å²) in [5.74, 6) is 1.58. The molecule has 4 atom stereocenters. The maximum atomic E-state index is 13.1. The SMILES string of the molecule is CCOc1ccc(C2C(C(=O)c3cc(OC)ccc3OC)C2(Cl)Cl)cc1.COc1ccc(C2C(C(=O)c3cc(OC)ccc3OC)C2(Cl)Cl)cc1. The Morgan fingerprint density at radius 3 is 1.22 bits per heavy atom. The Kier molecular flexibility index (Phi) is 11.9. The molecule has 0 spiro atoms. The van der Waals surface area contributed by atoms with Crippen LogP contribution in [0.2, 0.25) is 0 Å². The molecule has 4 unspecified atom stereocenters. The summed E-state index contributed by atoms with van der Waals surface area (Å²) in [6.45, 7) is 2.52. The molecule has 0 saturated heterocycles. The monoisotopic (exact) mass is 774 g/mol. The molecule has 0 amide bonds. The Labute approximate surface area is 317 Å². The fraction of sp³-hybridized carbons (Fsp3) is 0.333. The highest BCUT2D eigenvalue weighted by Gasteiger charge is 2.68. The average molecular weight is 777 g/mol. The first kappa shape index (κ1) is 38.4. The van der Waals surface area contributed by atoms with E-state index in [4.69, 9.17) is 74.8 Å². The number of hydrogen-bond donors (Lipinski definition) is 0. The minimum absolute atomic E-state index is 0.162. The Morgan fingerprint density at radius 1 is 0.529 bits per heavy atom. The highest BCUT2D eigenvalue weighted by molar-refractivity contribution is 6.54. The van der Waals surface area contributed by atoms with Crippen molar-refractivity contribution >= 4 is 58.0 Å². The molecule has 270 valence electrons. The van der Waals surface area contributed by atoms with Crippen LogP contribution in [-0.2, 0) is 0 Å². The second-order valence-electron chi connectivity index (χ2n) is 11.9. The fourth-order valence-electron chi connectivity index (χ4n) is 6.23. The quantitative estimate of drug-likeness (QED) is 0.0981. The van der Waals surface area contributed by atoms with Crippen LogP contribution in [0.1, 0.15) is 50.6 Å². The summed E-state index contributed by atoms with van der Waals surface area (Å²) in [5, 5.41) is 0. The van der Waals surface area contributed by atoms with Gasteiger partial charge in [-0.3, -0.25) is 9.59 Å². The molecule has 6 rings (SSSR count). The van der Waals surface area contributed by atoms with Gasteiger partial charge < -0.3 is 28.4 Å². The minimum Gasteiger partial charge on any atom is -0.497 e. The largest absolute Gasteiger partial charge is 0.497 e. The van der Waals surface area contributed by atoms with E-state index in [0.29, 0.717) is 40.7 Å². The smallest absolute Gasteiger partial charge is 0.173 e. The number of ether oxygens (including phenoxy) is 6. The van der Waals surface area contributed by atoms with Crippen LogP contribution in [0, 0.1) is 11.8 Å². The zero-order chi connectivity index (χ0) is 37.1. The van der Waals surface area contributed by atoms with E-state index in [1.807, 2.05) is 55.5 Å². The lowest BCUT2D eigenvalue weighted by Crippen LogP contribution is -2.09. The van der Waals surface area contributed by atoms with Gasteiger partial charge in [-0.25, -0.2) is 0 Å². The van der Waals surface area contributed by atoms with Crippen molar-refractivity contribution in [2.45, 2.75) is 27.4 Å². The maximum Gasteiger partial charge on any atom is 0.173 e. The van der Waals surface area contributed by atoms with E-state index >= 15 is 0 Å². The van der Waals surface area contributed by atoms with Crippen molar-refractivity contribution in [1.82, 2.24) is 0 Å². The molecule has 0 aromatic heterocycles. The minimum atomic E-state index is -1.15. The van der Waals surface area contributed by atoms with E-state index in [0.717, 1.165) is 22.6 Å². The highest BCUT2D eigenvalue weighted by Crippen LogP contribution is 2.67. The molecule has 51 heavy (non-hydrogen) atoms. The number of rotatable bonds is 13. The van der Waals surface area contributed by atoms with Gasteiger partial charge in [-0.1, -0.05) is 24.3 Å². The summed E-state index contributed by atoms with van der Waals surface area (Å²) < 4.78 is 29.3. The lowest BCUT2D eigenvalue weighted by molar-refractivity contribution is 0.0953. The predicted molar refractivity (Wildman–Crippen MR) is 200 cm³/mol. The summed E-state index contributed by atoms with van der Waals surface area (Å²) >= 11 is 25.8. The molecule has 4 aromatic carbocycles. The number of carbonyl (C=O) groups excluding carboxylic acids is 2. The summed E-state index contributed by atoms with van der Waals surface area (Å²) in [6, 6.07) is 25.1. The van der Waals surface area contributed by atoms with E-state index in [1.54, 1.807) is 57.7 Å². The first-order valence-corrected chi connectivity index (χ1v) is 17.5. The molecule has 4 aromatic rings. The number of alkyl halides is 4. The van der Waals surface area contributed by atoms with Crippen LogP contribution in [0.3, 0.4) is 0 Å².